The lowest BCUT2D eigenvalue weighted by Crippen LogP contribution is -2.21. The summed E-state index contributed by atoms with van der Waals surface area (Å²) < 4.78 is 34.0. The molecule has 1 saturated carbocycles. The number of nitrogen functional groups attached to an aromatic ring is 1. The van der Waals surface area contributed by atoms with Gasteiger partial charge in [-0.1, -0.05) is 6.92 Å². The minimum Gasteiger partial charge on any atom is -0.493 e. The van der Waals surface area contributed by atoms with Gasteiger partial charge in [-0.15, -0.1) is 0 Å². The number of anilines is 1. The highest BCUT2D eigenvalue weighted by Gasteiger charge is 2.39. The lowest BCUT2D eigenvalue weighted by molar-refractivity contribution is 0.0805. The lowest BCUT2D eigenvalue weighted by Gasteiger charge is -2.26. The van der Waals surface area contributed by atoms with Gasteiger partial charge < -0.3 is 34.2 Å². The van der Waals surface area contributed by atoms with E-state index in [4.69, 9.17) is 34.2 Å². The lowest BCUT2D eigenvalue weighted by atomic mass is 9.89. The Bertz CT molecular complexity index is 891. The molecule has 0 heterocycles. The number of rotatable bonds is 10. The third-order valence-electron chi connectivity index (χ3n) is 6.17. The number of benzene rings is 2. The van der Waals surface area contributed by atoms with Gasteiger partial charge in [-0.2, -0.15) is 0 Å². The van der Waals surface area contributed by atoms with Gasteiger partial charge in [-0.3, -0.25) is 0 Å². The third-order valence-corrected chi connectivity index (χ3v) is 6.17. The smallest absolute Gasteiger partial charge is 0.203 e. The van der Waals surface area contributed by atoms with Crippen molar-refractivity contribution in [3.05, 3.63) is 35.4 Å². The number of ether oxygens (including phenoxy) is 6. The maximum absolute atomic E-state index is 6.35. The molecule has 0 spiro atoms. The minimum atomic E-state index is -0.0377. The predicted molar refractivity (Wildman–Crippen MR) is 125 cm³/mol. The quantitative estimate of drug-likeness (QED) is 0.528. The molecule has 2 aromatic carbocycles. The molecular formula is C25H35NO6. The van der Waals surface area contributed by atoms with Crippen LogP contribution in [0.3, 0.4) is 0 Å². The zero-order valence-corrected chi connectivity index (χ0v) is 19.9. The van der Waals surface area contributed by atoms with Gasteiger partial charge >= 0.3 is 0 Å². The van der Waals surface area contributed by atoms with E-state index in [2.05, 4.69) is 6.92 Å². The molecule has 176 valence electrons. The van der Waals surface area contributed by atoms with Crippen LogP contribution in [-0.2, 0) is 4.74 Å². The number of hydrogen-bond donors (Lipinski definition) is 1. The van der Waals surface area contributed by atoms with Crippen molar-refractivity contribution in [3.8, 4) is 28.7 Å². The van der Waals surface area contributed by atoms with Crippen LogP contribution in [0.4, 0.5) is 5.69 Å². The Balaban J connectivity index is 1.96. The molecule has 32 heavy (non-hydrogen) atoms. The van der Waals surface area contributed by atoms with Crippen molar-refractivity contribution in [2.75, 3.05) is 47.9 Å². The summed E-state index contributed by atoms with van der Waals surface area (Å²) in [5.74, 6) is 3.46. The van der Waals surface area contributed by atoms with Crippen LogP contribution in [0.2, 0.25) is 0 Å². The van der Waals surface area contributed by atoms with Gasteiger partial charge in [-0.25, -0.2) is 0 Å². The first-order valence-corrected chi connectivity index (χ1v) is 11.0. The average molecular weight is 446 g/mol. The molecule has 1 fully saturated rings. The van der Waals surface area contributed by atoms with Crippen LogP contribution < -0.4 is 29.4 Å². The summed E-state index contributed by atoms with van der Waals surface area (Å²) in [5, 5.41) is 0. The minimum absolute atomic E-state index is 0.0377. The summed E-state index contributed by atoms with van der Waals surface area (Å²) in [6, 6.07) is 8.03. The second kappa shape index (κ2) is 10.7. The first-order valence-electron chi connectivity index (χ1n) is 11.0. The molecule has 0 aliphatic heterocycles. The SMILES string of the molecule is CCCOc1c(N)cc([C@@H]2CC[C@@H](c3cc(OC)c(OC)c(OC)c3)C2OC)cc1OC. The monoisotopic (exact) mass is 445 g/mol. The summed E-state index contributed by atoms with van der Waals surface area (Å²) in [6.45, 7) is 2.65. The van der Waals surface area contributed by atoms with Crippen molar-refractivity contribution in [1.29, 1.82) is 0 Å². The van der Waals surface area contributed by atoms with E-state index in [1.807, 2.05) is 24.3 Å². The Morgan fingerprint density at radius 2 is 1.25 bits per heavy atom. The Kier molecular flexibility index (Phi) is 7.96. The number of methoxy groups -OCH3 is 5. The molecule has 0 saturated heterocycles. The van der Waals surface area contributed by atoms with E-state index in [1.165, 1.54) is 0 Å². The first kappa shape index (κ1) is 23.9. The van der Waals surface area contributed by atoms with Crippen LogP contribution in [0, 0.1) is 0 Å². The molecule has 3 rings (SSSR count). The molecule has 0 bridgehead atoms. The van der Waals surface area contributed by atoms with Crippen LogP contribution in [-0.4, -0.2) is 48.3 Å². The van der Waals surface area contributed by atoms with E-state index in [0.29, 0.717) is 41.0 Å². The predicted octanol–water partition coefficient (Wildman–Crippen LogP) is 4.77. The summed E-state index contributed by atoms with van der Waals surface area (Å²) in [7, 11) is 8.26. The topological polar surface area (TPSA) is 81.4 Å². The normalized spacial score (nSPS) is 20.1. The van der Waals surface area contributed by atoms with Crippen LogP contribution in [0.15, 0.2) is 24.3 Å². The van der Waals surface area contributed by atoms with E-state index < -0.39 is 0 Å². The van der Waals surface area contributed by atoms with Gasteiger partial charge in [0.1, 0.15) is 0 Å². The van der Waals surface area contributed by atoms with E-state index >= 15 is 0 Å². The standard InChI is InChI=1S/C25H35NO6/c1-7-10-32-24-19(26)11-15(12-20(24)27-2)17-8-9-18(23(17)30-5)16-13-21(28-3)25(31-6)22(14-16)29-4/h11-14,17-18,23H,7-10,26H2,1-6H3/t17-,18-,23?/m0/s1. The fourth-order valence-electron chi connectivity index (χ4n) is 4.69. The van der Waals surface area contributed by atoms with Crippen molar-refractivity contribution in [2.45, 2.75) is 44.1 Å². The summed E-state index contributed by atoms with van der Waals surface area (Å²) in [6.07, 6.45) is 2.77. The zero-order chi connectivity index (χ0) is 23.3. The summed E-state index contributed by atoms with van der Waals surface area (Å²) in [4.78, 5) is 0. The zero-order valence-electron chi connectivity index (χ0n) is 19.9. The molecule has 0 amide bonds. The van der Waals surface area contributed by atoms with Crippen LogP contribution in [0.5, 0.6) is 28.7 Å². The highest BCUT2D eigenvalue weighted by atomic mass is 16.5. The number of nitrogens with two attached hydrogens (primary N) is 1. The van der Waals surface area contributed by atoms with Crippen LogP contribution in [0.1, 0.15) is 49.1 Å². The largest absolute Gasteiger partial charge is 0.493 e. The van der Waals surface area contributed by atoms with Crippen molar-refractivity contribution < 1.29 is 28.4 Å². The highest BCUT2D eigenvalue weighted by molar-refractivity contribution is 5.63. The Morgan fingerprint density at radius 3 is 1.69 bits per heavy atom. The maximum atomic E-state index is 6.35. The number of hydrogen-bond acceptors (Lipinski definition) is 7. The second-order valence-electron chi connectivity index (χ2n) is 7.94. The van der Waals surface area contributed by atoms with Crippen molar-refractivity contribution in [1.82, 2.24) is 0 Å². The van der Waals surface area contributed by atoms with Crippen molar-refractivity contribution in [2.24, 2.45) is 0 Å². The first-order chi connectivity index (χ1) is 15.5. The van der Waals surface area contributed by atoms with Crippen LogP contribution >= 0.6 is 0 Å². The summed E-state index contributed by atoms with van der Waals surface area (Å²) >= 11 is 0. The molecule has 1 aliphatic rings. The van der Waals surface area contributed by atoms with Crippen LogP contribution in [0.25, 0.3) is 0 Å². The molecular weight excluding hydrogens is 410 g/mol. The van der Waals surface area contributed by atoms with Gasteiger partial charge in [0, 0.05) is 18.9 Å². The van der Waals surface area contributed by atoms with E-state index in [-0.39, 0.29) is 17.9 Å². The van der Waals surface area contributed by atoms with Gasteiger partial charge in [0.05, 0.1) is 46.8 Å². The Morgan fingerprint density at radius 1 is 0.750 bits per heavy atom. The van der Waals surface area contributed by atoms with Gasteiger partial charge in [0.2, 0.25) is 5.75 Å². The Hall–Kier alpha value is -2.80. The second-order valence-corrected chi connectivity index (χ2v) is 7.94. The van der Waals surface area contributed by atoms with E-state index in [0.717, 1.165) is 30.4 Å². The third kappa shape index (κ3) is 4.53. The molecule has 2 N–H and O–H groups in total. The maximum Gasteiger partial charge on any atom is 0.203 e. The molecule has 3 atom stereocenters. The molecule has 1 aliphatic carbocycles. The van der Waals surface area contributed by atoms with Gasteiger partial charge in [0.15, 0.2) is 23.0 Å². The average Bonchev–Trinajstić information content (AvgIpc) is 3.25. The van der Waals surface area contributed by atoms with E-state index in [1.54, 1.807) is 35.5 Å². The molecule has 7 nitrogen and oxygen atoms in total. The molecule has 7 heteroatoms. The molecule has 1 unspecified atom stereocenters. The molecule has 0 aromatic heterocycles. The molecule has 0 radical (unpaired) electrons. The summed E-state index contributed by atoms with van der Waals surface area (Å²) in [5.41, 5.74) is 9.12. The molecule has 2 aromatic rings. The highest BCUT2D eigenvalue weighted by Crippen LogP contribution is 2.50. The Labute approximate surface area is 190 Å². The fourth-order valence-corrected chi connectivity index (χ4v) is 4.69. The van der Waals surface area contributed by atoms with Crippen molar-refractivity contribution in [3.63, 3.8) is 0 Å². The van der Waals surface area contributed by atoms with Crippen molar-refractivity contribution >= 4 is 5.69 Å². The van der Waals surface area contributed by atoms with Gasteiger partial charge in [-0.05, 0) is 54.7 Å². The fraction of sp³-hybridized carbons (Fsp3) is 0.520. The van der Waals surface area contributed by atoms with Gasteiger partial charge in [0.25, 0.3) is 0 Å². The van der Waals surface area contributed by atoms with E-state index in [9.17, 15) is 0 Å².